The molecule has 38 heavy (non-hydrogen) atoms. The number of benzene rings is 1. The van der Waals surface area contributed by atoms with Crippen LogP contribution in [0.3, 0.4) is 0 Å². The second-order valence-corrected chi connectivity index (χ2v) is 10.8. The Morgan fingerprint density at radius 2 is 1.97 bits per heavy atom. The molecule has 1 N–H and O–H groups in total. The number of aromatic nitrogens is 3. The molecule has 0 saturated heterocycles. The molecule has 2 aromatic heterocycles. The summed E-state index contributed by atoms with van der Waals surface area (Å²) in [6.45, 7) is 4.20. The minimum Gasteiger partial charge on any atom is -0.488 e. The number of ether oxygens (including phenoxy) is 1. The van der Waals surface area contributed by atoms with Gasteiger partial charge in [-0.05, 0) is 42.7 Å². The van der Waals surface area contributed by atoms with Gasteiger partial charge in [0.05, 0.1) is 23.4 Å². The zero-order valence-corrected chi connectivity index (χ0v) is 22.8. The minimum atomic E-state index is -3.55. The number of allylic oxidation sites excluding steroid dienone is 3. The normalized spacial score (nSPS) is 17.7. The van der Waals surface area contributed by atoms with Crippen molar-refractivity contribution in [2.24, 2.45) is 18.9 Å². The summed E-state index contributed by atoms with van der Waals surface area (Å²) < 4.78 is 37.2. The number of alkyl halides is 2. The molecule has 0 saturated carbocycles. The maximum absolute atomic E-state index is 13.8. The zero-order chi connectivity index (χ0) is 27.8. The number of amides is 1. The third-order valence-electron chi connectivity index (χ3n) is 6.42. The molecule has 1 unspecified atom stereocenters. The van der Waals surface area contributed by atoms with E-state index in [1.54, 1.807) is 54.5 Å². The van der Waals surface area contributed by atoms with E-state index in [1.807, 2.05) is 19.9 Å². The minimum absolute atomic E-state index is 0.133. The van der Waals surface area contributed by atoms with Crippen molar-refractivity contribution < 1.29 is 18.3 Å². The average Bonchev–Trinajstić information content (AvgIpc) is 3.24. The van der Waals surface area contributed by atoms with Crippen LogP contribution in [0.2, 0.25) is 0 Å². The van der Waals surface area contributed by atoms with Crippen molar-refractivity contribution in [1.82, 2.24) is 19.7 Å². The fourth-order valence-corrected chi connectivity index (χ4v) is 5.09. The quantitative estimate of drug-likeness (QED) is 0.390. The molecule has 7 nitrogen and oxygen atoms in total. The van der Waals surface area contributed by atoms with Gasteiger partial charge in [-0.2, -0.15) is 13.9 Å². The molecule has 202 valence electrons. The predicted octanol–water partition coefficient (Wildman–Crippen LogP) is 5.53. The highest BCUT2D eigenvalue weighted by atomic mass is 35.5. The maximum Gasteiger partial charge on any atom is 0.321 e. The van der Waals surface area contributed by atoms with Crippen LogP contribution in [0.4, 0.5) is 8.78 Å². The summed E-state index contributed by atoms with van der Waals surface area (Å²) in [6.07, 6.45) is 6.36. The fraction of sp³-hybridized carbons (Fsp3) is 0.370. The number of hydrogen-bond donors (Lipinski definition) is 1. The average molecular weight is 565 g/mol. The van der Waals surface area contributed by atoms with E-state index >= 15 is 0 Å². The van der Waals surface area contributed by atoms with E-state index in [4.69, 9.17) is 27.9 Å². The van der Waals surface area contributed by atoms with Gasteiger partial charge in [0.1, 0.15) is 11.9 Å². The number of halogens is 4. The van der Waals surface area contributed by atoms with Gasteiger partial charge in [-0.3, -0.25) is 9.59 Å². The Hall–Kier alpha value is -3.17. The lowest BCUT2D eigenvalue weighted by Crippen LogP contribution is -2.55. The Bertz CT molecular complexity index is 1470. The first-order chi connectivity index (χ1) is 17.8. The van der Waals surface area contributed by atoms with Gasteiger partial charge in [0.2, 0.25) is 5.56 Å². The van der Waals surface area contributed by atoms with E-state index in [0.29, 0.717) is 34.8 Å². The summed E-state index contributed by atoms with van der Waals surface area (Å²) in [5.41, 5.74) is 1.35. The summed E-state index contributed by atoms with van der Waals surface area (Å²) >= 11 is 12.6. The second kappa shape index (κ2) is 10.9. The number of fused-ring (bicyclic) bond motifs is 1. The van der Waals surface area contributed by atoms with Crippen molar-refractivity contribution in [3.8, 4) is 11.4 Å². The van der Waals surface area contributed by atoms with E-state index in [9.17, 15) is 18.4 Å². The van der Waals surface area contributed by atoms with Crippen LogP contribution >= 0.6 is 23.2 Å². The highest BCUT2D eigenvalue weighted by Crippen LogP contribution is 2.35. The van der Waals surface area contributed by atoms with Gasteiger partial charge in [-0.25, -0.2) is 4.68 Å². The predicted molar refractivity (Wildman–Crippen MR) is 144 cm³/mol. The van der Waals surface area contributed by atoms with Crippen LogP contribution < -0.4 is 15.6 Å². The van der Waals surface area contributed by atoms with Gasteiger partial charge in [0.15, 0.2) is 0 Å². The second-order valence-electron chi connectivity index (χ2n) is 9.84. The molecule has 1 amide bonds. The van der Waals surface area contributed by atoms with Crippen molar-refractivity contribution in [3.63, 3.8) is 0 Å². The van der Waals surface area contributed by atoms with Crippen molar-refractivity contribution in [3.05, 3.63) is 75.3 Å². The molecule has 0 bridgehead atoms. The van der Waals surface area contributed by atoms with Crippen LogP contribution in [0, 0.1) is 11.8 Å². The van der Waals surface area contributed by atoms with Gasteiger partial charge < -0.3 is 14.6 Å². The van der Waals surface area contributed by atoms with Crippen LogP contribution in [-0.2, 0) is 11.8 Å². The number of rotatable bonds is 8. The van der Waals surface area contributed by atoms with Gasteiger partial charge in [0.25, 0.3) is 5.91 Å². The lowest BCUT2D eigenvalue weighted by molar-refractivity contribution is -0.145. The molecule has 4 rings (SSSR count). The monoisotopic (exact) mass is 564 g/mol. The number of carbonyl (C=O) groups is 1. The topological polar surface area (TPSA) is 78.2 Å². The smallest absolute Gasteiger partial charge is 0.321 e. The number of nitrogens with one attached hydrogen (secondary N) is 1. The lowest BCUT2D eigenvalue weighted by Gasteiger charge is -2.37. The molecule has 0 spiro atoms. The van der Waals surface area contributed by atoms with Gasteiger partial charge in [-0.15, -0.1) is 0 Å². The van der Waals surface area contributed by atoms with Crippen LogP contribution in [0.1, 0.15) is 27.2 Å². The molecule has 0 radical (unpaired) electrons. The molecule has 11 heteroatoms. The Balaban J connectivity index is 1.70. The van der Waals surface area contributed by atoms with Crippen LogP contribution in [0.5, 0.6) is 5.75 Å². The number of nitrogens with zero attached hydrogens (tertiary/aromatic N) is 3. The van der Waals surface area contributed by atoms with Gasteiger partial charge in [-0.1, -0.05) is 43.1 Å². The van der Waals surface area contributed by atoms with E-state index < -0.39 is 24.0 Å². The Labute approximate surface area is 228 Å². The van der Waals surface area contributed by atoms with Crippen molar-refractivity contribution >= 4 is 40.0 Å². The van der Waals surface area contributed by atoms with E-state index in [0.717, 1.165) is 10.9 Å². The fourth-order valence-electron chi connectivity index (χ4n) is 4.44. The molecule has 3 atom stereocenters. The zero-order valence-electron chi connectivity index (χ0n) is 21.3. The summed E-state index contributed by atoms with van der Waals surface area (Å²) in [5.74, 6) is -5.11. The highest BCUT2D eigenvalue weighted by Gasteiger charge is 2.40. The first kappa shape index (κ1) is 27.9. The largest absolute Gasteiger partial charge is 0.488 e. The number of pyridine rings is 1. The summed E-state index contributed by atoms with van der Waals surface area (Å²) in [7, 11) is 1.66. The summed E-state index contributed by atoms with van der Waals surface area (Å²) in [6, 6.07) is 7.73. The summed E-state index contributed by atoms with van der Waals surface area (Å²) in [5, 5.41) is 8.60. The molecule has 1 aliphatic rings. The van der Waals surface area contributed by atoms with Crippen molar-refractivity contribution in [1.29, 1.82) is 0 Å². The van der Waals surface area contributed by atoms with Gasteiger partial charge in [0, 0.05) is 47.6 Å². The molecular weight excluding hydrogens is 537 g/mol. The number of hydrogen-bond acceptors (Lipinski definition) is 4. The number of carbonyl (C=O) groups excluding carboxylic acids is 1. The van der Waals surface area contributed by atoms with Crippen LogP contribution in [-0.4, -0.2) is 38.3 Å². The van der Waals surface area contributed by atoms with E-state index in [2.05, 4.69) is 10.4 Å². The van der Waals surface area contributed by atoms with Gasteiger partial charge >= 0.3 is 5.92 Å². The van der Waals surface area contributed by atoms with Crippen molar-refractivity contribution in [2.45, 2.75) is 45.3 Å². The first-order valence-electron chi connectivity index (χ1n) is 12.1. The Morgan fingerprint density at radius 1 is 1.24 bits per heavy atom. The molecule has 0 fully saturated rings. The molecule has 2 heterocycles. The summed E-state index contributed by atoms with van der Waals surface area (Å²) in [4.78, 5) is 24.0. The molecular formula is C27H28Cl2F2N4O3. The molecule has 3 aromatic rings. The van der Waals surface area contributed by atoms with Crippen LogP contribution in [0.15, 0.2) is 69.7 Å². The molecule has 1 aromatic carbocycles. The molecule has 0 aliphatic heterocycles. The highest BCUT2D eigenvalue weighted by molar-refractivity contribution is 6.34. The lowest BCUT2D eigenvalue weighted by atomic mass is 9.85. The Morgan fingerprint density at radius 3 is 2.61 bits per heavy atom. The third-order valence-corrected chi connectivity index (χ3v) is 6.91. The standard InChI is InChI=1S/C27H28Cl2F2N4O3/c1-15(2)24(33-26(37)27(3,30)31)25(16-9-18(28)12-19(29)10-16)38-21-6-7-22-17(11-21)13-32-35(22)20-5-8-23(36)34(4)14-20/h5-9,11-16,24-25H,10H2,1-4H3,(H,33,37)/t16?,24-,25+/m0/s1. The first-order valence-corrected chi connectivity index (χ1v) is 12.8. The van der Waals surface area contributed by atoms with E-state index in [1.165, 1.54) is 10.6 Å². The SMILES string of the molecule is CC(C)[C@H](NC(=O)C(C)(F)F)[C@H](Oc1ccc2c(cnn2-c2ccc(=O)n(C)c2)c1)C1C=C(Cl)C=C(Cl)C1. The number of aryl methyl sites for hydroxylation is 1. The maximum atomic E-state index is 13.8. The molecule has 1 aliphatic carbocycles. The van der Waals surface area contributed by atoms with E-state index in [-0.39, 0.29) is 17.4 Å². The third kappa shape index (κ3) is 6.10. The Kier molecular flexibility index (Phi) is 7.99. The van der Waals surface area contributed by atoms with Crippen LogP contribution in [0.25, 0.3) is 16.6 Å². The van der Waals surface area contributed by atoms with Crippen molar-refractivity contribution in [2.75, 3.05) is 0 Å².